The lowest BCUT2D eigenvalue weighted by Crippen LogP contribution is -2.44. The van der Waals surface area contributed by atoms with Gasteiger partial charge in [-0.25, -0.2) is 9.18 Å². The minimum atomic E-state index is -0.482. The van der Waals surface area contributed by atoms with Crippen molar-refractivity contribution in [3.8, 4) is 5.75 Å². The van der Waals surface area contributed by atoms with Gasteiger partial charge in [0.25, 0.3) is 0 Å². The molecule has 1 heterocycles. The van der Waals surface area contributed by atoms with Crippen LogP contribution in [-0.4, -0.2) is 52.5 Å². The first-order valence-electron chi connectivity index (χ1n) is 19.7. The fourth-order valence-electron chi connectivity index (χ4n) is 7.47. The molecule has 2 amide bonds. The van der Waals surface area contributed by atoms with Crippen molar-refractivity contribution >= 4 is 22.9 Å². The fourth-order valence-corrected chi connectivity index (χ4v) is 7.47. The number of aromatic amines is 1. The highest BCUT2D eigenvalue weighted by Crippen LogP contribution is 2.29. The molecule has 288 valence electrons. The third kappa shape index (κ3) is 11.8. The lowest BCUT2D eigenvalue weighted by atomic mass is 9.93. The lowest BCUT2D eigenvalue weighted by Gasteiger charge is -2.35. The first kappa shape index (κ1) is 39.3. The van der Waals surface area contributed by atoms with Crippen LogP contribution in [0.4, 0.5) is 9.18 Å². The summed E-state index contributed by atoms with van der Waals surface area (Å²) in [6.07, 6.45) is 9.16. The number of hydrogen-bond donors (Lipinski definition) is 1. The van der Waals surface area contributed by atoms with Crippen LogP contribution in [-0.2, 0) is 35.6 Å². The van der Waals surface area contributed by atoms with Crippen molar-refractivity contribution in [2.75, 3.05) is 19.6 Å². The zero-order valence-electron chi connectivity index (χ0n) is 31.6. The number of fused-ring (bicyclic) bond motifs is 1. The molecule has 0 atom stereocenters. The molecule has 9 heteroatoms. The van der Waals surface area contributed by atoms with E-state index >= 15 is 0 Å². The molecule has 1 aromatic heterocycles. The molecule has 55 heavy (non-hydrogen) atoms. The Morgan fingerprint density at radius 3 is 2.18 bits per heavy atom. The predicted octanol–water partition coefficient (Wildman–Crippen LogP) is 9.39. The van der Waals surface area contributed by atoms with E-state index in [-0.39, 0.29) is 42.9 Å². The summed E-state index contributed by atoms with van der Waals surface area (Å²) >= 11 is 0. The molecule has 0 radical (unpaired) electrons. The SMILES string of the molecule is O=C(OCc1ccccc1)N(CCC(=O)N(CCCCCc1ccc(OCc2ccccc2)c2[nH]c(=O)ccc12)C1CCCCC1)CCc1cccc(F)c1. The topological polar surface area (TPSA) is 91.9 Å². The highest BCUT2D eigenvalue weighted by Gasteiger charge is 2.26. The molecule has 0 unspecified atom stereocenters. The van der Waals surface area contributed by atoms with Gasteiger partial charge in [0.05, 0.1) is 5.52 Å². The Kier molecular flexibility index (Phi) is 14.5. The number of halogens is 1. The number of nitrogens with one attached hydrogen (secondary N) is 1. The van der Waals surface area contributed by atoms with Crippen LogP contribution >= 0.6 is 0 Å². The van der Waals surface area contributed by atoms with Gasteiger partial charge in [-0.3, -0.25) is 9.59 Å². The number of carbonyl (C=O) groups is 2. The van der Waals surface area contributed by atoms with Gasteiger partial charge >= 0.3 is 6.09 Å². The smallest absolute Gasteiger partial charge is 0.410 e. The van der Waals surface area contributed by atoms with Crippen LogP contribution in [0.25, 0.3) is 10.9 Å². The van der Waals surface area contributed by atoms with Crippen molar-refractivity contribution in [3.05, 3.63) is 148 Å². The highest BCUT2D eigenvalue weighted by molar-refractivity contribution is 5.87. The van der Waals surface area contributed by atoms with Crippen LogP contribution < -0.4 is 10.3 Å². The lowest BCUT2D eigenvalue weighted by molar-refractivity contribution is -0.134. The normalized spacial score (nSPS) is 13.0. The number of H-pyrrole nitrogens is 1. The van der Waals surface area contributed by atoms with E-state index in [1.54, 1.807) is 17.0 Å². The van der Waals surface area contributed by atoms with E-state index in [1.807, 2.05) is 78.9 Å². The van der Waals surface area contributed by atoms with Gasteiger partial charge in [-0.05, 0) is 85.0 Å². The number of nitrogens with zero attached hydrogens (tertiary/aromatic N) is 2. The second-order valence-corrected chi connectivity index (χ2v) is 14.5. The Morgan fingerprint density at radius 1 is 0.709 bits per heavy atom. The molecule has 4 aromatic carbocycles. The van der Waals surface area contributed by atoms with E-state index in [0.29, 0.717) is 37.4 Å². The summed E-state index contributed by atoms with van der Waals surface area (Å²) in [6.45, 7) is 1.76. The molecular weight excluding hydrogens is 694 g/mol. The van der Waals surface area contributed by atoms with Crippen molar-refractivity contribution in [1.82, 2.24) is 14.8 Å². The van der Waals surface area contributed by atoms with Crippen molar-refractivity contribution in [3.63, 3.8) is 0 Å². The molecule has 0 aliphatic heterocycles. The molecule has 1 aliphatic carbocycles. The van der Waals surface area contributed by atoms with Crippen LogP contribution in [0.5, 0.6) is 5.75 Å². The maximum absolute atomic E-state index is 14.0. The molecule has 0 saturated heterocycles. The number of rotatable bonds is 18. The number of benzene rings is 4. The molecular formula is C46H52FN3O5. The highest BCUT2D eigenvalue weighted by atomic mass is 19.1. The van der Waals surface area contributed by atoms with E-state index in [4.69, 9.17) is 9.47 Å². The first-order valence-corrected chi connectivity index (χ1v) is 19.7. The number of aryl methyl sites for hydroxylation is 1. The van der Waals surface area contributed by atoms with Crippen molar-refractivity contribution in [2.24, 2.45) is 0 Å². The molecule has 5 aromatic rings. The van der Waals surface area contributed by atoms with Crippen molar-refractivity contribution < 1.29 is 23.5 Å². The number of aromatic nitrogens is 1. The van der Waals surface area contributed by atoms with Crippen LogP contribution in [0.2, 0.25) is 0 Å². The minimum Gasteiger partial charge on any atom is -0.487 e. The summed E-state index contributed by atoms with van der Waals surface area (Å²) in [4.78, 5) is 46.2. The summed E-state index contributed by atoms with van der Waals surface area (Å²) in [6, 6.07) is 33.5. The summed E-state index contributed by atoms with van der Waals surface area (Å²) in [7, 11) is 0. The second-order valence-electron chi connectivity index (χ2n) is 14.5. The Balaban J connectivity index is 1.05. The Bertz CT molecular complexity index is 2030. The second kappa shape index (κ2) is 20.3. The van der Waals surface area contributed by atoms with Crippen molar-refractivity contribution in [2.45, 2.75) is 89.9 Å². The quantitative estimate of drug-likeness (QED) is 0.0903. The van der Waals surface area contributed by atoms with Gasteiger partial charge in [0.2, 0.25) is 11.5 Å². The number of amides is 2. The number of unbranched alkanes of at least 4 members (excludes halogenated alkanes) is 2. The monoisotopic (exact) mass is 745 g/mol. The maximum atomic E-state index is 14.0. The summed E-state index contributed by atoms with van der Waals surface area (Å²) < 4.78 is 25.7. The van der Waals surface area contributed by atoms with Gasteiger partial charge in [-0.2, -0.15) is 0 Å². The average molecular weight is 746 g/mol. The summed E-state index contributed by atoms with van der Waals surface area (Å²) in [5.41, 5.74) is 4.41. The number of carbonyl (C=O) groups excluding carboxylic acids is 2. The van der Waals surface area contributed by atoms with Gasteiger partial charge in [-0.15, -0.1) is 0 Å². The summed E-state index contributed by atoms with van der Waals surface area (Å²) in [5, 5.41) is 0.980. The maximum Gasteiger partial charge on any atom is 0.410 e. The molecule has 0 spiro atoms. The van der Waals surface area contributed by atoms with Crippen LogP contribution in [0, 0.1) is 5.82 Å². The van der Waals surface area contributed by atoms with Gasteiger partial charge < -0.3 is 24.3 Å². The van der Waals surface area contributed by atoms with E-state index in [2.05, 4.69) is 16.0 Å². The predicted molar refractivity (Wildman–Crippen MR) is 214 cm³/mol. The van der Waals surface area contributed by atoms with Crippen LogP contribution in [0.3, 0.4) is 0 Å². The molecule has 8 nitrogen and oxygen atoms in total. The molecule has 1 aliphatic rings. The average Bonchev–Trinajstić information content (AvgIpc) is 3.21. The fraction of sp³-hybridized carbons (Fsp3) is 0.370. The molecule has 0 bridgehead atoms. The van der Waals surface area contributed by atoms with Crippen molar-refractivity contribution in [1.29, 1.82) is 0 Å². The largest absolute Gasteiger partial charge is 0.487 e. The van der Waals surface area contributed by atoms with Gasteiger partial charge in [0.15, 0.2) is 0 Å². The molecule has 6 rings (SSSR count). The standard InChI is InChI=1S/C46H52FN3O5/c47-39-20-13-18-35(32-39)27-30-49(46(53)55-34-37-16-7-2-8-17-37)31-28-44(52)50(40-21-10-3-11-22-40)29-12-4-9-19-38-23-25-42(45-41(38)24-26-43(51)48-45)54-33-36-14-5-1-6-15-36/h1-2,5-8,13-18,20,23-26,32,40H,3-4,9-12,19,21-22,27-31,33-34H2,(H,48,51). The zero-order chi connectivity index (χ0) is 38.2. The van der Waals surface area contributed by atoms with Gasteiger partial charge in [0.1, 0.15) is 24.8 Å². The Morgan fingerprint density at radius 2 is 1.44 bits per heavy atom. The molecule has 1 saturated carbocycles. The number of hydrogen-bond acceptors (Lipinski definition) is 5. The van der Waals surface area contributed by atoms with E-state index < -0.39 is 6.09 Å². The van der Waals surface area contributed by atoms with E-state index in [0.717, 1.165) is 79.0 Å². The number of pyridine rings is 1. The summed E-state index contributed by atoms with van der Waals surface area (Å²) in [5.74, 6) is 0.388. The Hall–Kier alpha value is -5.44. The first-order chi connectivity index (χ1) is 26.9. The minimum absolute atomic E-state index is 0.0551. The Labute approximate surface area is 323 Å². The number of ether oxygens (including phenoxy) is 2. The van der Waals surface area contributed by atoms with E-state index in [1.165, 1.54) is 18.6 Å². The van der Waals surface area contributed by atoms with Gasteiger partial charge in [-0.1, -0.05) is 105 Å². The zero-order valence-corrected chi connectivity index (χ0v) is 31.6. The third-order valence-corrected chi connectivity index (χ3v) is 10.5. The third-order valence-electron chi connectivity index (χ3n) is 10.5. The van der Waals surface area contributed by atoms with Crippen LogP contribution in [0.15, 0.2) is 114 Å². The van der Waals surface area contributed by atoms with Gasteiger partial charge in [0, 0.05) is 43.5 Å². The van der Waals surface area contributed by atoms with E-state index in [9.17, 15) is 18.8 Å². The molecule has 1 fully saturated rings. The molecule has 1 N–H and O–H groups in total. The van der Waals surface area contributed by atoms with Crippen LogP contribution in [0.1, 0.15) is 80.0 Å².